The van der Waals surface area contributed by atoms with E-state index in [0.29, 0.717) is 0 Å². The van der Waals surface area contributed by atoms with E-state index in [1.165, 1.54) is 0 Å². The summed E-state index contributed by atoms with van der Waals surface area (Å²) in [5.41, 5.74) is 5.25. The number of H-pyrrole nitrogens is 1. The van der Waals surface area contributed by atoms with Crippen molar-refractivity contribution in [2.24, 2.45) is 5.10 Å². The van der Waals surface area contributed by atoms with Crippen molar-refractivity contribution < 1.29 is 9.53 Å². The Bertz CT molecular complexity index is 656. The molecular formula is C15H17N3O2. The van der Waals surface area contributed by atoms with Gasteiger partial charge in [0.1, 0.15) is 6.61 Å². The summed E-state index contributed by atoms with van der Waals surface area (Å²) in [6.07, 6.45) is 4.75. The summed E-state index contributed by atoms with van der Waals surface area (Å²) in [6.45, 7) is 4.05. The molecule has 1 heterocycles. The standard InChI is InChI=1S/C15H17N3O2/c1-3-11(2)10-20-15(19)18-17-9-12-8-16-14-7-5-4-6-13(12)14/h3-9,16H,10H2,1-2H3,(H,18,19)/b11-3+,17-9+. The molecule has 104 valence electrons. The molecule has 2 aromatic rings. The molecule has 1 amide bonds. The van der Waals surface area contributed by atoms with Gasteiger partial charge in [0.15, 0.2) is 0 Å². The lowest BCUT2D eigenvalue weighted by molar-refractivity contribution is 0.156. The summed E-state index contributed by atoms with van der Waals surface area (Å²) in [6, 6.07) is 7.88. The van der Waals surface area contributed by atoms with E-state index in [4.69, 9.17) is 4.74 Å². The Hall–Kier alpha value is -2.56. The first-order valence-electron chi connectivity index (χ1n) is 6.34. The van der Waals surface area contributed by atoms with Crippen molar-refractivity contribution >= 4 is 23.2 Å². The van der Waals surface area contributed by atoms with Gasteiger partial charge in [0, 0.05) is 22.7 Å². The van der Waals surface area contributed by atoms with Gasteiger partial charge in [0.2, 0.25) is 0 Å². The molecule has 0 saturated carbocycles. The SMILES string of the molecule is C/C=C(\C)COC(=O)N/N=C/c1c[nH]c2ccccc12. The van der Waals surface area contributed by atoms with Crippen LogP contribution in [0.3, 0.4) is 0 Å². The lowest BCUT2D eigenvalue weighted by Crippen LogP contribution is -2.19. The van der Waals surface area contributed by atoms with Crippen molar-refractivity contribution in [1.82, 2.24) is 10.4 Å². The summed E-state index contributed by atoms with van der Waals surface area (Å²) < 4.78 is 4.96. The van der Waals surface area contributed by atoms with Crippen LogP contribution < -0.4 is 5.43 Å². The molecular weight excluding hydrogens is 254 g/mol. The first-order chi connectivity index (χ1) is 9.70. The molecule has 0 fully saturated rings. The molecule has 0 saturated heterocycles. The van der Waals surface area contributed by atoms with Crippen LogP contribution in [0.1, 0.15) is 19.4 Å². The number of nitrogens with one attached hydrogen (secondary N) is 2. The number of ether oxygens (including phenoxy) is 1. The number of rotatable bonds is 4. The Morgan fingerprint density at radius 3 is 3.05 bits per heavy atom. The van der Waals surface area contributed by atoms with Gasteiger partial charge >= 0.3 is 6.09 Å². The summed E-state index contributed by atoms with van der Waals surface area (Å²) in [5, 5.41) is 4.93. The predicted molar refractivity (Wildman–Crippen MR) is 79.8 cm³/mol. The highest BCUT2D eigenvalue weighted by Crippen LogP contribution is 2.15. The number of carbonyl (C=O) groups excluding carboxylic acids is 1. The number of allylic oxidation sites excluding steroid dienone is 1. The monoisotopic (exact) mass is 271 g/mol. The van der Waals surface area contributed by atoms with Crippen molar-refractivity contribution in [1.29, 1.82) is 0 Å². The molecule has 0 radical (unpaired) electrons. The first-order valence-corrected chi connectivity index (χ1v) is 6.34. The normalized spacial score (nSPS) is 12.0. The van der Waals surface area contributed by atoms with E-state index in [9.17, 15) is 4.79 Å². The van der Waals surface area contributed by atoms with Crippen LogP contribution in [-0.4, -0.2) is 23.9 Å². The Morgan fingerprint density at radius 2 is 2.25 bits per heavy atom. The van der Waals surface area contributed by atoms with Crippen molar-refractivity contribution in [2.75, 3.05) is 6.61 Å². The Balaban J connectivity index is 1.92. The number of aromatic nitrogens is 1. The number of para-hydroxylation sites is 1. The van der Waals surface area contributed by atoms with Gasteiger partial charge in [0.05, 0.1) is 6.21 Å². The van der Waals surface area contributed by atoms with Crippen LogP contribution in [0.2, 0.25) is 0 Å². The van der Waals surface area contributed by atoms with E-state index in [1.807, 2.05) is 50.4 Å². The Labute approximate surface area is 117 Å². The van der Waals surface area contributed by atoms with E-state index >= 15 is 0 Å². The van der Waals surface area contributed by atoms with Gasteiger partial charge in [-0.1, -0.05) is 24.3 Å². The van der Waals surface area contributed by atoms with Crippen LogP contribution in [0.4, 0.5) is 4.79 Å². The van der Waals surface area contributed by atoms with Crippen LogP contribution in [-0.2, 0) is 4.74 Å². The summed E-state index contributed by atoms with van der Waals surface area (Å²) in [7, 11) is 0. The number of benzene rings is 1. The average Bonchev–Trinajstić information content (AvgIpc) is 2.88. The number of nitrogens with zero attached hydrogens (tertiary/aromatic N) is 1. The fraction of sp³-hybridized carbons (Fsp3) is 0.200. The topological polar surface area (TPSA) is 66.5 Å². The number of aromatic amines is 1. The molecule has 0 aliphatic carbocycles. The minimum Gasteiger partial charge on any atom is -0.444 e. The number of fused-ring (bicyclic) bond motifs is 1. The third-order valence-electron chi connectivity index (χ3n) is 2.90. The predicted octanol–water partition coefficient (Wildman–Crippen LogP) is 3.19. The van der Waals surface area contributed by atoms with Crippen LogP contribution >= 0.6 is 0 Å². The highest BCUT2D eigenvalue weighted by atomic mass is 16.6. The molecule has 0 atom stereocenters. The van der Waals surface area contributed by atoms with Gasteiger partial charge in [-0.25, -0.2) is 10.2 Å². The maximum atomic E-state index is 11.4. The minimum absolute atomic E-state index is 0.269. The number of hydrazone groups is 1. The maximum Gasteiger partial charge on any atom is 0.428 e. The molecule has 5 nitrogen and oxygen atoms in total. The molecule has 0 bridgehead atoms. The summed E-state index contributed by atoms with van der Waals surface area (Å²) >= 11 is 0. The zero-order valence-corrected chi connectivity index (χ0v) is 11.5. The van der Waals surface area contributed by atoms with Crippen molar-refractivity contribution in [2.45, 2.75) is 13.8 Å². The van der Waals surface area contributed by atoms with Crippen LogP contribution in [0.25, 0.3) is 10.9 Å². The molecule has 20 heavy (non-hydrogen) atoms. The van der Waals surface area contributed by atoms with E-state index in [0.717, 1.165) is 22.0 Å². The van der Waals surface area contributed by atoms with Gasteiger partial charge in [0.25, 0.3) is 0 Å². The van der Waals surface area contributed by atoms with Gasteiger partial charge in [-0.05, 0) is 25.5 Å². The molecule has 0 unspecified atom stereocenters. The molecule has 0 aliphatic heterocycles. The second-order valence-electron chi connectivity index (χ2n) is 4.37. The quantitative estimate of drug-likeness (QED) is 0.509. The fourth-order valence-corrected chi connectivity index (χ4v) is 1.65. The zero-order chi connectivity index (χ0) is 14.4. The fourth-order valence-electron chi connectivity index (χ4n) is 1.65. The van der Waals surface area contributed by atoms with Gasteiger partial charge in [-0.3, -0.25) is 0 Å². The molecule has 5 heteroatoms. The zero-order valence-electron chi connectivity index (χ0n) is 11.5. The molecule has 1 aromatic carbocycles. The molecule has 0 spiro atoms. The summed E-state index contributed by atoms with van der Waals surface area (Å²) in [4.78, 5) is 14.5. The van der Waals surface area contributed by atoms with Crippen molar-refractivity contribution in [3.63, 3.8) is 0 Å². The van der Waals surface area contributed by atoms with Gasteiger partial charge in [-0.2, -0.15) is 5.10 Å². The summed E-state index contributed by atoms with van der Waals surface area (Å²) in [5.74, 6) is 0. The lowest BCUT2D eigenvalue weighted by atomic mass is 10.2. The third-order valence-corrected chi connectivity index (χ3v) is 2.90. The second-order valence-corrected chi connectivity index (χ2v) is 4.37. The van der Waals surface area contributed by atoms with Crippen LogP contribution in [0.5, 0.6) is 0 Å². The maximum absolute atomic E-state index is 11.4. The largest absolute Gasteiger partial charge is 0.444 e. The van der Waals surface area contributed by atoms with E-state index in [-0.39, 0.29) is 6.61 Å². The number of hydrogen-bond acceptors (Lipinski definition) is 3. The molecule has 0 aliphatic rings. The lowest BCUT2D eigenvalue weighted by Gasteiger charge is -2.02. The molecule has 2 rings (SSSR count). The Kier molecular flexibility index (Phi) is 4.55. The van der Waals surface area contributed by atoms with E-state index < -0.39 is 6.09 Å². The van der Waals surface area contributed by atoms with Gasteiger partial charge in [-0.15, -0.1) is 0 Å². The minimum atomic E-state index is -0.567. The first kappa shape index (κ1) is 13.9. The average molecular weight is 271 g/mol. The van der Waals surface area contributed by atoms with Gasteiger partial charge < -0.3 is 9.72 Å². The highest BCUT2D eigenvalue weighted by molar-refractivity contribution is 5.99. The molecule has 1 aromatic heterocycles. The van der Waals surface area contributed by atoms with E-state index in [2.05, 4.69) is 15.5 Å². The number of hydrogen-bond donors (Lipinski definition) is 2. The van der Waals surface area contributed by atoms with Crippen LogP contribution in [0, 0.1) is 0 Å². The number of carbonyl (C=O) groups is 1. The van der Waals surface area contributed by atoms with Crippen LogP contribution in [0.15, 0.2) is 47.2 Å². The smallest absolute Gasteiger partial charge is 0.428 e. The highest BCUT2D eigenvalue weighted by Gasteiger charge is 2.01. The third kappa shape index (κ3) is 3.47. The molecule has 2 N–H and O–H groups in total. The van der Waals surface area contributed by atoms with E-state index in [1.54, 1.807) is 6.21 Å². The number of amides is 1. The van der Waals surface area contributed by atoms with Crippen molar-refractivity contribution in [3.05, 3.63) is 47.7 Å². The Morgan fingerprint density at radius 1 is 1.45 bits per heavy atom. The van der Waals surface area contributed by atoms with Crippen molar-refractivity contribution in [3.8, 4) is 0 Å². The second kappa shape index (κ2) is 6.56.